The lowest BCUT2D eigenvalue weighted by Crippen LogP contribution is -2.31. The molecule has 0 fully saturated rings. The predicted octanol–water partition coefficient (Wildman–Crippen LogP) is 5.44. The molecule has 1 atom stereocenters. The largest absolute Gasteiger partial charge is 0.489 e. The van der Waals surface area contributed by atoms with Crippen molar-refractivity contribution in [3.8, 4) is 17.0 Å². The van der Waals surface area contributed by atoms with Crippen LogP contribution in [-0.2, 0) is 17.8 Å². The summed E-state index contributed by atoms with van der Waals surface area (Å²) in [5.41, 5.74) is 4.47. The van der Waals surface area contributed by atoms with Crippen molar-refractivity contribution in [1.82, 2.24) is 4.98 Å². The smallest absolute Gasteiger partial charge is 0.326 e. The third-order valence-corrected chi connectivity index (χ3v) is 5.08. The van der Waals surface area contributed by atoms with Gasteiger partial charge in [0.05, 0.1) is 5.69 Å². The lowest BCUT2D eigenvalue weighted by molar-refractivity contribution is -0.137. The highest BCUT2D eigenvalue weighted by Crippen LogP contribution is 2.24. The maximum absolute atomic E-state index is 11.8. The van der Waals surface area contributed by atoms with Gasteiger partial charge in [-0.2, -0.15) is 0 Å². The van der Waals surface area contributed by atoms with Gasteiger partial charge in [-0.15, -0.1) is 0 Å². The molecule has 0 aliphatic rings. The Balaban J connectivity index is 1.43. The van der Waals surface area contributed by atoms with Gasteiger partial charge in [0, 0.05) is 23.9 Å². The molecule has 160 valence electrons. The maximum Gasteiger partial charge on any atom is 0.326 e. The van der Waals surface area contributed by atoms with Crippen LogP contribution in [0.3, 0.4) is 0 Å². The first-order chi connectivity index (χ1) is 15.7. The van der Waals surface area contributed by atoms with Crippen LogP contribution in [0.4, 0.5) is 5.69 Å². The number of hydrogen-bond donors (Lipinski definition) is 2. The SMILES string of the molecule is O=C(O)[C@@H](Cc1ccccc1)Nc1ccnc(-c2ccc(OCc3ccccc3)cc2)c1. The van der Waals surface area contributed by atoms with Crippen molar-refractivity contribution in [2.75, 3.05) is 5.32 Å². The summed E-state index contributed by atoms with van der Waals surface area (Å²) in [7, 11) is 0. The minimum atomic E-state index is -0.896. The summed E-state index contributed by atoms with van der Waals surface area (Å²) in [5.74, 6) is -0.118. The fourth-order valence-corrected chi connectivity index (χ4v) is 3.39. The van der Waals surface area contributed by atoms with Gasteiger partial charge in [-0.25, -0.2) is 4.79 Å². The van der Waals surface area contributed by atoms with Crippen molar-refractivity contribution in [2.24, 2.45) is 0 Å². The van der Waals surface area contributed by atoms with E-state index in [9.17, 15) is 9.90 Å². The van der Waals surface area contributed by atoms with Crippen molar-refractivity contribution in [3.63, 3.8) is 0 Å². The molecule has 5 heteroatoms. The number of ether oxygens (including phenoxy) is 1. The van der Waals surface area contributed by atoms with Crippen LogP contribution in [0.15, 0.2) is 103 Å². The average molecular weight is 425 g/mol. The normalized spacial score (nSPS) is 11.5. The van der Waals surface area contributed by atoms with E-state index in [0.29, 0.717) is 18.7 Å². The van der Waals surface area contributed by atoms with Gasteiger partial charge in [0.2, 0.25) is 0 Å². The molecule has 0 aliphatic heterocycles. The van der Waals surface area contributed by atoms with Gasteiger partial charge in [0.15, 0.2) is 0 Å². The standard InChI is InChI=1S/C27H24N2O3/c30-27(31)26(17-20-7-3-1-4-8-20)29-23-15-16-28-25(18-23)22-11-13-24(14-12-22)32-19-21-9-5-2-6-10-21/h1-16,18,26H,17,19H2,(H,28,29)(H,30,31)/t26-/m1/s1. The van der Waals surface area contributed by atoms with Crippen LogP contribution in [0.2, 0.25) is 0 Å². The Kier molecular flexibility index (Phi) is 6.78. The summed E-state index contributed by atoms with van der Waals surface area (Å²) in [6, 6.07) is 30.2. The fraction of sp³-hybridized carbons (Fsp3) is 0.111. The summed E-state index contributed by atoms with van der Waals surface area (Å²) in [6.45, 7) is 0.510. The summed E-state index contributed by atoms with van der Waals surface area (Å²) in [4.78, 5) is 16.2. The fourth-order valence-electron chi connectivity index (χ4n) is 3.39. The van der Waals surface area contributed by atoms with Crippen LogP contribution in [-0.4, -0.2) is 22.1 Å². The number of aliphatic carboxylic acids is 1. The molecule has 32 heavy (non-hydrogen) atoms. The zero-order valence-electron chi connectivity index (χ0n) is 17.5. The highest BCUT2D eigenvalue weighted by molar-refractivity contribution is 5.78. The Morgan fingerprint density at radius 1 is 0.875 bits per heavy atom. The van der Waals surface area contributed by atoms with Crippen molar-refractivity contribution < 1.29 is 14.6 Å². The second-order valence-electron chi connectivity index (χ2n) is 7.45. The first-order valence-electron chi connectivity index (χ1n) is 10.4. The number of rotatable bonds is 9. The molecular weight excluding hydrogens is 400 g/mol. The molecule has 5 nitrogen and oxygen atoms in total. The molecule has 0 aliphatic carbocycles. The van der Waals surface area contributed by atoms with Crippen molar-refractivity contribution in [3.05, 3.63) is 114 Å². The van der Waals surface area contributed by atoms with E-state index < -0.39 is 12.0 Å². The molecule has 0 spiro atoms. The van der Waals surface area contributed by atoms with Crippen molar-refractivity contribution in [2.45, 2.75) is 19.1 Å². The van der Waals surface area contributed by atoms with Gasteiger partial charge in [0.1, 0.15) is 18.4 Å². The summed E-state index contributed by atoms with van der Waals surface area (Å²) >= 11 is 0. The van der Waals surface area contributed by atoms with Crippen LogP contribution in [0.25, 0.3) is 11.3 Å². The number of nitrogens with zero attached hydrogens (tertiary/aromatic N) is 1. The van der Waals surface area contributed by atoms with E-state index in [1.54, 1.807) is 12.3 Å². The molecule has 2 N–H and O–H groups in total. The van der Waals surface area contributed by atoms with E-state index in [4.69, 9.17) is 4.74 Å². The molecular formula is C27H24N2O3. The van der Waals surface area contributed by atoms with Crippen LogP contribution >= 0.6 is 0 Å². The van der Waals surface area contributed by atoms with Gasteiger partial charge in [-0.1, -0.05) is 60.7 Å². The number of anilines is 1. The van der Waals surface area contributed by atoms with Gasteiger partial charge in [-0.3, -0.25) is 4.98 Å². The van der Waals surface area contributed by atoms with E-state index >= 15 is 0 Å². The Bertz CT molecular complexity index is 1150. The number of carboxylic acids is 1. The number of hydrogen-bond acceptors (Lipinski definition) is 4. The maximum atomic E-state index is 11.8. The highest BCUT2D eigenvalue weighted by Gasteiger charge is 2.18. The van der Waals surface area contributed by atoms with E-state index in [0.717, 1.165) is 28.1 Å². The molecule has 1 heterocycles. The number of carbonyl (C=O) groups is 1. The third-order valence-electron chi connectivity index (χ3n) is 5.08. The molecule has 0 radical (unpaired) electrons. The molecule has 0 unspecified atom stereocenters. The molecule has 0 amide bonds. The summed E-state index contributed by atoms with van der Waals surface area (Å²) in [6.07, 6.45) is 2.07. The molecule has 4 rings (SSSR count). The van der Waals surface area contributed by atoms with E-state index in [2.05, 4.69) is 10.3 Å². The summed E-state index contributed by atoms with van der Waals surface area (Å²) in [5, 5.41) is 12.8. The van der Waals surface area contributed by atoms with Gasteiger partial charge < -0.3 is 15.2 Å². The first-order valence-corrected chi connectivity index (χ1v) is 10.4. The van der Waals surface area contributed by atoms with Gasteiger partial charge in [-0.05, 0) is 47.5 Å². The molecule has 0 saturated carbocycles. The topological polar surface area (TPSA) is 71.5 Å². The lowest BCUT2D eigenvalue weighted by Gasteiger charge is -2.16. The second kappa shape index (κ2) is 10.3. The Morgan fingerprint density at radius 3 is 2.19 bits per heavy atom. The van der Waals surface area contributed by atoms with E-state index in [1.807, 2.05) is 91.0 Å². The number of aromatic nitrogens is 1. The Labute approximate surface area is 187 Å². The zero-order chi connectivity index (χ0) is 22.2. The monoisotopic (exact) mass is 424 g/mol. The lowest BCUT2D eigenvalue weighted by atomic mass is 10.1. The van der Waals surface area contributed by atoms with Gasteiger partial charge in [0.25, 0.3) is 0 Å². The minimum absolute atomic E-state index is 0.390. The number of nitrogens with one attached hydrogen (secondary N) is 1. The molecule has 4 aromatic rings. The quantitative estimate of drug-likeness (QED) is 0.375. The number of benzene rings is 3. The van der Waals surface area contributed by atoms with Crippen LogP contribution in [0.5, 0.6) is 5.75 Å². The third kappa shape index (κ3) is 5.73. The summed E-state index contributed by atoms with van der Waals surface area (Å²) < 4.78 is 5.84. The number of pyridine rings is 1. The van der Waals surface area contributed by atoms with Crippen molar-refractivity contribution in [1.29, 1.82) is 0 Å². The van der Waals surface area contributed by atoms with E-state index in [-0.39, 0.29) is 0 Å². The van der Waals surface area contributed by atoms with Crippen molar-refractivity contribution >= 4 is 11.7 Å². The van der Waals surface area contributed by atoms with E-state index in [1.165, 1.54) is 0 Å². The van der Waals surface area contributed by atoms with Crippen LogP contribution < -0.4 is 10.1 Å². The van der Waals surface area contributed by atoms with Crippen LogP contribution in [0.1, 0.15) is 11.1 Å². The Hall–Kier alpha value is -4.12. The van der Waals surface area contributed by atoms with Gasteiger partial charge >= 0.3 is 5.97 Å². The first kappa shape index (κ1) is 21.1. The molecule has 0 saturated heterocycles. The average Bonchev–Trinajstić information content (AvgIpc) is 2.84. The molecule has 3 aromatic carbocycles. The zero-order valence-corrected chi connectivity index (χ0v) is 17.5. The predicted molar refractivity (Wildman–Crippen MR) is 126 cm³/mol. The molecule has 1 aromatic heterocycles. The Morgan fingerprint density at radius 2 is 1.53 bits per heavy atom. The number of carboxylic acid groups (broad SMARTS) is 1. The molecule has 0 bridgehead atoms. The van der Waals surface area contributed by atoms with Crippen LogP contribution in [0, 0.1) is 0 Å². The minimum Gasteiger partial charge on any atom is -0.489 e. The second-order valence-corrected chi connectivity index (χ2v) is 7.45. The highest BCUT2D eigenvalue weighted by atomic mass is 16.5.